The maximum atomic E-state index is 11.6. The van der Waals surface area contributed by atoms with Crippen LogP contribution in [0, 0.1) is 11.8 Å². The van der Waals surface area contributed by atoms with Crippen LogP contribution in [0.25, 0.3) is 11.1 Å². The smallest absolute Gasteiger partial charge is 0.250 e. The second kappa shape index (κ2) is 8.18. The Morgan fingerprint density at radius 3 is 2.67 bits per heavy atom. The normalized spacial score (nSPS) is 11.6. The lowest BCUT2D eigenvalue weighted by molar-refractivity contribution is 0.143. The molecule has 2 heterocycles. The van der Waals surface area contributed by atoms with Crippen molar-refractivity contribution in [2.45, 2.75) is 26.1 Å². The van der Waals surface area contributed by atoms with Gasteiger partial charge in [0.05, 0.1) is 18.6 Å². The van der Waals surface area contributed by atoms with Gasteiger partial charge in [-0.2, -0.15) is 9.19 Å². The molecule has 0 aliphatic heterocycles. The summed E-state index contributed by atoms with van der Waals surface area (Å²) < 4.78 is 29.9. The highest BCUT2D eigenvalue weighted by Gasteiger charge is 2.12. The van der Waals surface area contributed by atoms with Gasteiger partial charge in [-0.25, -0.2) is 13.4 Å². The Morgan fingerprint density at radius 1 is 1.23 bits per heavy atom. The van der Waals surface area contributed by atoms with Crippen LogP contribution in [0.4, 0.5) is 5.82 Å². The van der Waals surface area contributed by atoms with Crippen LogP contribution in [0.5, 0.6) is 5.75 Å². The molecule has 0 unspecified atom stereocenters. The van der Waals surface area contributed by atoms with Crippen LogP contribution in [-0.4, -0.2) is 39.6 Å². The molecule has 30 heavy (non-hydrogen) atoms. The Hall–Kier alpha value is -3.35. The lowest BCUT2D eigenvalue weighted by atomic mass is 10.1. The molecule has 8 nitrogen and oxygen atoms in total. The van der Waals surface area contributed by atoms with Gasteiger partial charge in [0.15, 0.2) is 11.6 Å². The first-order chi connectivity index (χ1) is 14.0. The average molecular weight is 426 g/mol. The first-order valence-corrected chi connectivity index (χ1v) is 10.8. The number of anilines is 1. The maximum absolute atomic E-state index is 11.6. The molecule has 3 rings (SSSR count). The molecule has 0 atom stereocenters. The molecule has 0 bridgehead atoms. The van der Waals surface area contributed by atoms with Crippen molar-refractivity contribution < 1.29 is 18.3 Å². The predicted molar refractivity (Wildman–Crippen MR) is 114 cm³/mol. The Labute approximate surface area is 175 Å². The van der Waals surface area contributed by atoms with E-state index in [0.29, 0.717) is 16.9 Å². The number of aliphatic hydroxyl groups is 1. The summed E-state index contributed by atoms with van der Waals surface area (Å²) in [4.78, 5) is 4.13. The van der Waals surface area contributed by atoms with Gasteiger partial charge >= 0.3 is 0 Å². The zero-order valence-electron chi connectivity index (χ0n) is 16.8. The predicted octanol–water partition coefficient (Wildman–Crippen LogP) is 2.04. The third-order valence-corrected chi connectivity index (χ3v) is 4.83. The summed E-state index contributed by atoms with van der Waals surface area (Å²) in [6.45, 7) is 3.47. The van der Waals surface area contributed by atoms with E-state index in [1.807, 2.05) is 24.3 Å². The highest BCUT2D eigenvalue weighted by Crippen LogP contribution is 2.27. The second-order valence-electron chi connectivity index (χ2n) is 7.27. The summed E-state index contributed by atoms with van der Waals surface area (Å²) in [6.07, 6.45) is 5.43. The quantitative estimate of drug-likeness (QED) is 0.599. The highest BCUT2D eigenvalue weighted by atomic mass is 32.2. The number of nitrogens with zero attached hydrogens (tertiary/aromatic N) is 3. The van der Waals surface area contributed by atoms with Crippen molar-refractivity contribution in [3.8, 4) is 28.7 Å². The van der Waals surface area contributed by atoms with E-state index in [0.717, 1.165) is 21.5 Å². The van der Waals surface area contributed by atoms with Crippen LogP contribution in [0.2, 0.25) is 0 Å². The van der Waals surface area contributed by atoms with Crippen molar-refractivity contribution in [2.24, 2.45) is 0 Å². The molecule has 2 aromatic heterocycles. The van der Waals surface area contributed by atoms with Gasteiger partial charge in [-0.3, -0.25) is 0 Å². The van der Waals surface area contributed by atoms with E-state index in [1.54, 1.807) is 19.9 Å². The Morgan fingerprint density at radius 2 is 2.00 bits per heavy atom. The summed E-state index contributed by atoms with van der Waals surface area (Å²) in [5.41, 5.74) is 7.68. The molecule has 1 aromatic carbocycles. The minimum absolute atomic E-state index is 0.215. The maximum Gasteiger partial charge on any atom is 0.250 e. The minimum Gasteiger partial charge on any atom is -0.485 e. The number of ether oxygens (including phenoxy) is 1. The van der Waals surface area contributed by atoms with E-state index in [9.17, 15) is 13.5 Å². The van der Waals surface area contributed by atoms with Gasteiger partial charge in [0.2, 0.25) is 0 Å². The van der Waals surface area contributed by atoms with Gasteiger partial charge in [-0.05, 0) is 37.6 Å². The molecule has 9 heteroatoms. The minimum atomic E-state index is -3.47. The monoisotopic (exact) mass is 426 g/mol. The van der Waals surface area contributed by atoms with Crippen molar-refractivity contribution in [2.75, 3.05) is 12.0 Å². The van der Waals surface area contributed by atoms with E-state index in [-0.39, 0.29) is 12.4 Å². The van der Waals surface area contributed by atoms with Crippen molar-refractivity contribution in [3.63, 3.8) is 0 Å². The zero-order valence-corrected chi connectivity index (χ0v) is 17.6. The summed E-state index contributed by atoms with van der Waals surface area (Å²) >= 11 is 0. The van der Waals surface area contributed by atoms with Crippen molar-refractivity contribution in [1.29, 1.82) is 0 Å². The molecule has 0 radical (unpaired) electrons. The van der Waals surface area contributed by atoms with E-state index < -0.39 is 15.6 Å². The molecule has 0 spiro atoms. The second-order valence-corrected chi connectivity index (χ2v) is 9.11. The van der Waals surface area contributed by atoms with Gasteiger partial charge in [0.1, 0.15) is 12.2 Å². The summed E-state index contributed by atoms with van der Waals surface area (Å²) in [5.74, 6) is 6.28. The fourth-order valence-corrected chi connectivity index (χ4v) is 3.01. The first-order valence-electron chi connectivity index (χ1n) is 9.00. The molecular weight excluding hydrogens is 404 g/mol. The SMILES string of the molecule is CC(C)(O)C#Cc1cccc(COc2cc(-c3cnn(S(C)(=O)=O)c3)cnc2N)c1. The molecule has 3 N–H and O–H groups in total. The van der Waals surface area contributed by atoms with Gasteiger partial charge in [0.25, 0.3) is 10.0 Å². The fraction of sp³-hybridized carbons (Fsp3) is 0.238. The van der Waals surface area contributed by atoms with Crippen LogP contribution in [0.1, 0.15) is 25.0 Å². The largest absolute Gasteiger partial charge is 0.485 e. The number of nitrogen functional groups attached to an aromatic ring is 1. The van der Waals surface area contributed by atoms with Gasteiger partial charge in [0, 0.05) is 22.9 Å². The molecular formula is C21H22N4O4S. The molecule has 0 saturated carbocycles. The van der Waals surface area contributed by atoms with Crippen molar-refractivity contribution in [3.05, 3.63) is 60.0 Å². The number of hydrogen-bond donors (Lipinski definition) is 2. The average Bonchev–Trinajstić information content (AvgIpc) is 3.16. The lowest BCUT2D eigenvalue weighted by Crippen LogP contribution is -2.14. The molecule has 0 aliphatic rings. The standard InChI is InChI=1S/C21H22N4O4S/c1-21(2,26)8-7-15-5-4-6-16(9-15)14-29-19-10-17(11-23-20(19)22)18-12-24-25(13-18)30(3,27)28/h4-6,9-13,26H,14H2,1-3H3,(H2,22,23). The zero-order chi connectivity index (χ0) is 21.9. The summed E-state index contributed by atoms with van der Waals surface area (Å²) in [5, 5.41) is 13.6. The Bertz CT molecular complexity index is 1230. The lowest BCUT2D eigenvalue weighted by Gasteiger charge is -2.10. The molecule has 0 fully saturated rings. The first kappa shape index (κ1) is 21.4. The van der Waals surface area contributed by atoms with Crippen LogP contribution < -0.4 is 10.5 Å². The highest BCUT2D eigenvalue weighted by molar-refractivity contribution is 7.89. The fourth-order valence-electron chi connectivity index (χ4n) is 2.49. The summed E-state index contributed by atoms with van der Waals surface area (Å²) in [6, 6.07) is 9.13. The van der Waals surface area contributed by atoms with Crippen LogP contribution in [0.3, 0.4) is 0 Å². The van der Waals surface area contributed by atoms with Crippen LogP contribution in [-0.2, 0) is 16.6 Å². The number of aromatic nitrogens is 3. The molecule has 0 saturated heterocycles. The Kier molecular flexibility index (Phi) is 5.82. The molecule has 156 valence electrons. The number of benzene rings is 1. The topological polar surface area (TPSA) is 120 Å². The molecule has 0 amide bonds. The van der Waals surface area contributed by atoms with E-state index >= 15 is 0 Å². The summed E-state index contributed by atoms with van der Waals surface area (Å²) in [7, 11) is -3.47. The van der Waals surface area contributed by atoms with Crippen molar-refractivity contribution >= 4 is 15.8 Å². The van der Waals surface area contributed by atoms with Crippen LogP contribution >= 0.6 is 0 Å². The number of pyridine rings is 1. The molecule has 0 aliphatic carbocycles. The van der Waals surface area contributed by atoms with Gasteiger partial charge in [-0.15, -0.1) is 0 Å². The van der Waals surface area contributed by atoms with E-state index in [4.69, 9.17) is 10.5 Å². The number of hydrogen-bond acceptors (Lipinski definition) is 7. The third-order valence-electron chi connectivity index (χ3n) is 3.95. The third kappa shape index (κ3) is 5.59. The van der Waals surface area contributed by atoms with Gasteiger partial charge < -0.3 is 15.6 Å². The van der Waals surface area contributed by atoms with E-state index in [1.165, 1.54) is 18.6 Å². The van der Waals surface area contributed by atoms with Crippen LogP contribution in [0.15, 0.2) is 48.9 Å². The van der Waals surface area contributed by atoms with Gasteiger partial charge in [-0.1, -0.05) is 24.0 Å². The number of rotatable bonds is 5. The Balaban J connectivity index is 1.79. The molecule has 3 aromatic rings. The number of nitrogens with two attached hydrogens (primary N) is 1. The van der Waals surface area contributed by atoms with Crippen molar-refractivity contribution in [1.82, 2.24) is 14.2 Å². The van der Waals surface area contributed by atoms with E-state index in [2.05, 4.69) is 21.9 Å².